The lowest BCUT2D eigenvalue weighted by Crippen LogP contribution is -1.98. The Kier molecular flexibility index (Phi) is 3.15. The number of hydrogen-bond donors (Lipinski definition) is 1. The predicted molar refractivity (Wildman–Crippen MR) is 64.7 cm³/mol. The highest BCUT2D eigenvalue weighted by Crippen LogP contribution is 2.41. The summed E-state index contributed by atoms with van der Waals surface area (Å²) in [7, 11) is 0. The van der Waals surface area contributed by atoms with Gasteiger partial charge in [0.05, 0.1) is 0 Å². The van der Waals surface area contributed by atoms with E-state index in [1.54, 1.807) is 0 Å². The second kappa shape index (κ2) is 4.58. The van der Waals surface area contributed by atoms with Crippen LogP contribution < -0.4 is 15.2 Å². The van der Waals surface area contributed by atoms with Gasteiger partial charge in [0.2, 0.25) is 6.79 Å². The summed E-state index contributed by atoms with van der Waals surface area (Å²) in [5.41, 5.74) is 7.82. The van der Waals surface area contributed by atoms with Crippen LogP contribution in [0.5, 0.6) is 11.5 Å². The van der Waals surface area contributed by atoms with Crippen LogP contribution in [0.1, 0.15) is 30.9 Å². The fraction of sp³-hybridized carbons (Fsp3) is 0.385. The van der Waals surface area contributed by atoms with E-state index in [9.17, 15) is 0 Å². The molecule has 0 amide bonds. The molecule has 3 heteroatoms. The molecule has 0 aromatic heterocycles. The zero-order valence-corrected chi connectivity index (χ0v) is 9.69. The molecule has 86 valence electrons. The molecule has 0 saturated heterocycles. The van der Waals surface area contributed by atoms with E-state index >= 15 is 0 Å². The summed E-state index contributed by atoms with van der Waals surface area (Å²) in [6, 6.07) is 4.00. The van der Waals surface area contributed by atoms with Gasteiger partial charge < -0.3 is 15.2 Å². The number of fused-ring (bicyclic) bond motifs is 1. The van der Waals surface area contributed by atoms with E-state index in [0.29, 0.717) is 19.3 Å². The minimum Gasteiger partial charge on any atom is -0.454 e. The van der Waals surface area contributed by atoms with Crippen LogP contribution in [0.15, 0.2) is 18.2 Å². The molecule has 0 bridgehead atoms. The van der Waals surface area contributed by atoms with Crippen LogP contribution in [0.4, 0.5) is 0 Å². The van der Waals surface area contributed by atoms with Crippen LogP contribution in [0.2, 0.25) is 0 Å². The number of rotatable bonds is 3. The number of hydrogen-bond acceptors (Lipinski definition) is 3. The van der Waals surface area contributed by atoms with E-state index in [-0.39, 0.29) is 0 Å². The fourth-order valence-corrected chi connectivity index (χ4v) is 1.95. The Hall–Kier alpha value is -1.48. The van der Waals surface area contributed by atoms with Crippen LogP contribution in [-0.2, 0) is 0 Å². The summed E-state index contributed by atoms with van der Waals surface area (Å²) in [5, 5.41) is 0. The first-order valence-corrected chi connectivity index (χ1v) is 5.53. The molecule has 0 fully saturated rings. The summed E-state index contributed by atoms with van der Waals surface area (Å²) in [6.45, 7) is 5.17. The zero-order chi connectivity index (χ0) is 11.5. The highest BCUT2D eigenvalue weighted by molar-refractivity contribution is 5.64. The molecule has 2 N–H and O–H groups in total. The van der Waals surface area contributed by atoms with Gasteiger partial charge in [0.1, 0.15) is 0 Å². The first-order chi connectivity index (χ1) is 7.74. The molecule has 2 rings (SSSR count). The summed E-state index contributed by atoms with van der Waals surface area (Å²) in [6.07, 6.45) is 3.99. The third-order valence-corrected chi connectivity index (χ3v) is 2.62. The lowest BCUT2D eigenvalue weighted by Gasteiger charge is -2.13. The predicted octanol–water partition coefficient (Wildman–Crippen LogP) is 2.51. The Morgan fingerprint density at radius 3 is 2.88 bits per heavy atom. The molecule has 0 atom stereocenters. The van der Waals surface area contributed by atoms with Crippen molar-refractivity contribution < 1.29 is 9.47 Å². The van der Waals surface area contributed by atoms with Crippen LogP contribution in [0.3, 0.4) is 0 Å². The van der Waals surface area contributed by atoms with Crippen molar-refractivity contribution in [2.75, 3.05) is 13.3 Å². The molecule has 3 nitrogen and oxygen atoms in total. The quantitative estimate of drug-likeness (QED) is 0.849. The maximum atomic E-state index is 5.52. The number of ether oxygens (including phenoxy) is 2. The molecule has 0 saturated carbocycles. The number of nitrogens with two attached hydrogens (primary N) is 1. The van der Waals surface area contributed by atoms with E-state index in [0.717, 1.165) is 17.1 Å². The molecular formula is C13H17NO2. The Morgan fingerprint density at radius 2 is 2.19 bits per heavy atom. The summed E-state index contributed by atoms with van der Waals surface area (Å²) in [5.74, 6) is 2.12. The van der Waals surface area contributed by atoms with Crippen molar-refractivity contribution in [3.8, 4) is 11.5 Å². The van der Waals surface area contributed by atoms with Crippen LogP contribution in [0, 0.1) is 0 Å². The normalized spacial score (nSPS) is 14.0. The molecule has 1 aromatic carbocycles. The zero-order valence-electron chi connectivity index (χ0n) is 9.69. The molecule has 1 aromatic rings. The standard InChI is InChI=1S/C13H17NO2/c1-9(2)12-10(4-3-7-14)5-6-11-13(12)16-8-15-11/h3-6,9H,7-8,14H2,1-2H3/b4-3+. The van der Waals surface area contributed by atoms with E-state index in [1.165, 1.54) is 5.56 Å². The van der Waals surface area contributed by atoms with Gasteiger partial charge in [-0.05, 0) is 17.5 Å². The van der Waals surface area contributed by atoms with Gasteiger partial charge in [-0.2, -0.15) is 0 Å². The van der Waals surface area contributed by atoms with Crippen molar-refractivity contribution in [3.05, 3.63) is 29.3 Å². The van der Waals surface area contributed by atoms with Crippen molar-refractivity contribution in [1.29, 1.82) is 0 Å². The topological polar surface area (TPSA) is 44.5 Å². The van der Waals surface area contributed by atoms with E-state index in [2.05, 4.69) is 19.9 Å². The summed E-state index contributed by atoms with van der Waals surface area (Å²) < 4.78 is 10.9. The first-order valence-electron chi connectivity index (χ1n) is 5.53. The lowest BCUT2D eigenvalue weighted by molar-refractivity contribution is 0.173. The molecule has 1 aliphatic rings. The van der Waals surface area contributed by atoms with Gasteiger partial charge in [0.15, 0.2) is 11.5 Å². The molecule has 0 aliphatic carbocycles. The van der Waals surface area contributed by atoms with Gasteiger partial charge in [-0.3, -0.25) is 0 Å². The van der Waals surface area contributed by atoms with Gasteiger partial charge in [-0.1, -0.05) is 32.1 Å². The van der Waals surface area contributed by atoms with Gasteiger partial charge >= 0.3 is 0 Å². The summed E-state index contributed by atoms with van der Waals surface area (Å²) in [4.78, 5) is 0. The first kappa shape index (κ1) is 11.0. The highest BCUT2D eigenvalue weighted by Gasteiger charge is 2.21. The molecule has 0 spiro atoms. The minimum absolute atomic E-state index is 0.319. The Bertz CT molecular complexity index is 411. The van der Waals surface area contributed by atoms with Crippen molar-refractivity contribution in [2.24, 2.45) is 5.73 Å². The minimum atomic E-state index is 0.319. The Morgan fingerprint density at radius 1 is 1.38 bits per heavy atom. The average molecular weight is 219 g/mol. The third-order valence-electron chi connectivity index (χ3n) is 2.62. The van der Waals surface area contributed by atoms with Crippen LogP contribution >= 0.6 is 0 Å². The van der Waals surface area contributed by atoms with Gasteiger partial charge in [0, 0.05) is 12.1 Å². The lowest BCUT2D eigenvalue weighted by atomic mass is 9.95. The SMILES string of the molecule is CC(C)c1c(/C=C/CN)ccc2c1OCO2. The monoisotopic (exact) mass is 219 g/mol. The molecule has 0 radical (unpaired) electrons. The fourth-order valence-electron chi connectivity index (χ4n) is 1.95. The smallest absolute Gasteiger partial charge is 0.231 e. The largest absolute Gasteiger partial charge is 0.454 e. The van der Waals surface area contributed by atoms with Gasteiger partial charge in [0.25, 0.3) is 0 Å². The van der Waals surface area contributed by atoms with Crippen molar-refractivity contribution in [2.45, 2.75) is 19.8 Å². The van der Waals surface area contributed by atoms with Crippen molar-refractivity contribution in [3.63, 3.8) is 0 Å². The average Bonchev–Trinajstić information content (AvgIpc) is 2.72. The van der Waals surface area contributed by atoms with Gasteiger partial charge in [-0.25, -0.2) is 0 Å². The van der Waals surface area contributed by atoms with Crippen molar-refractivity contribution in [1.82, 2.24) is 0 Å². The molecule has 16 heavy (non-hydrogen) atoms. The van der Waals surface area contributed by atoms with Gasteiger partial charge in [-0.15, -0.1) is 0 Å². The molecular weight excluding hydrogens is 202 g/mol. The molecule has 1 heterocycles. The van der Waals surface area contributed by atoms with E-state index in [1.807, 2.05) is 18.2 Å². The Balaban J connectivity index is 2.49. The number of benzene rings is 1. The third kappa shape index (κ3) is 1.91. The molecule has 1 aliphatic heterocycles. The van der Waals surface area contributed by atoms with E-state index in [4.69, 9.17) is 15.2 Å². The summed E-state index contributed by atoms with van der Waals surface area (Å²) >= 11 is 0. The van der Waals surface area contributed by atoms with Crippen molar-refractivity contribution >= 4 is 6.08 Å². The Labute approximate surface area is 95.9 Å². The molecule has 0 unspecified atom stereocenters. The maximum absolute atomic E-state index is 5.52. The van der Waals surface area contributed by atoms with Crippen LogP contribution in [-0.4, -0.2) is 13.3 Å². The second-order valence-electron chi connectivity index (χ2n) is 4.10. The van der Waals surface area contributed by atoms with Crippen LogP contribution in [0.25, 0.3) is 6.08 Å². The maximum Gasteiger partial charge on any atom is 0.231 e. The van der Waals surface area contributed by atoms with E-state index < -0.39 is 0 Å². The highest BCUT2D eigenvalue weighted by atomic mass is 16.7. The second-order valence-corrected chi connectivity index (χ2v) is 4.10.